The van der Waals surface area contributed by atoms with Crippen LogP contribution in [0, 0.1) is 0 Å². The molecule has 0 rings (SSSR count). The number of ether oxygens (including phenoxy) is 1. The summed E-state index contributed by atoms with van der Waals surface area (Å²) in [6.07, 6.45) is 4.46. The van der Waals surface area contributed by atoms with E-state index in [1.807, 2.05) is 0 Å². The molecule has 0 atom stereocenters. The smallest absolute Gasteiger partial charge is 0.0674 e. The van der Waals surface area contributed by atoms with E-state index in [2.05, 4.69) is 32.2 Å². The first-order valence-corrected chi connectivity index (χ1v) is 5.25. The Hall–Kier alpha value is -0.340. The van der Waals surface area contributed by atoms with Crippen molar-refractivity contribution in [1.82, 2.24) is 5.32 Å². The molecule has 2 heteroatoms. The van der Waals surface area contributed by atoms with Gasteiger partial charge in [0, 0.05) is 6.61 Å². The van der Waals surface area contributed by atoms with Crippen molar-refractivity contribution >= 4 is 0 Å². The van der Waals surface area contributed by atoms with Crippen molar-refractivity contribution in [3.63, 3.8) is 0 Å². The average Bonchev–Trinajstić information content (AvgIpc) is 2.13. The molecule has 13 heavy (non-hydrogen) atoms. The summed E-state index contributed by atoms with van der Waals surface area (Å²) in [5.41, 5.74) is 1.34. The van der Waals surface area contributed by atoms with Gasteiger partial charge in [-0.2, -0.15) is 0 Å². The maximum atomic E-state index is 5.41. The fourth-order valence-corrected chi connectivity index (χ4v) is 1.03. The van der Waals surface area contributed by atoms with Gasteiger partial charge in [-0.15, -0.1) is 0 Å². The minimum absolute atomic E-state index is 0.792. The first kappa shape index (κ1) is 12.7. The van der Waals surface area contributed by atoms with Gasteiger partial charge in [0.05, 0.1) is 6.61 Å². The van der Waals surface area contributed by atoms with E-state index >= 15 is 0 Å². The highest BCUT2D eigenvalue weighted by molar-refractivity contribution is 4.98. The van der Waals surface area contributed by atoms with Gasteiger partial charge in [-0.3, -0.25) is 0 Å². The van der Waals surface area contributed by atoms with Gasteiger partial charge in [0.2, 0.25) is 0 Å². The Bertz CT molecular complexity index is 132. The average molecular weight is 185 g/mol. The van der Waals surface area contributed by atoms with Crippen molar-refractivity contribution in [2.75, 3.05) is 26.3 Å². The summed E-state index contributed by atoms with van der Waals surface area (Å²) in [7, 11) is 0. The van der Waals surface area contributed by atoms with Crippen LogP contribution in [0.15, 0.2) is 11.6 Å². The van der Waals surface area contributed by atoms with Crippen LogP contribution in [0.5, 0.6) is 0 Å². The van der Waals surface area contributed by atoms with Gasteiger partial charge < -0.3 is 10.1 Å². The maximum Gasteiger partial charge on any atom is 0.0674 e. The lowest BCUT2D eigenvalue weighted by Crippen LogP contribution is -2.13. The highest BCUT2D eigenvalue weighted by Crippen LogP contribution is 1.96. The Morgan fingerprint density at radius 1 is 1.38 bits per heavy atom. The Morgan fingerprint density at radius 2 is 2.15 bits per heavy atom. The van der Waals surface area contributed by atoms with Crippen molar-refractivity contribution in [3.05, 3.63) is 11.6 Å². The highest BCUT2D eigenvalue weighted by atomic mass is 16.5. The van der Waals surface area contributed by atoms with Crippen molar-refractivity contribution in [2.24, 2.45) is 0 Å². The first-order valence-electron chi connectivity index (χ1n) is 5.25. The summed E-state index contributed by atoms with van der Waals surface area (Å²) in [6.45, 7) is 10.2. The molecule has 78 valence electrons. The molecule has 0 radical (unpaired) electrons. The topological polar surface area (TPSA) is 21.3 Å². The summed E-state index contributed by atoms with van der Waals surface area (Å²) < 4.78 is 5.41. The van der Waals surface area contributed by atoms with Crippen LogP contribution in [0.3, 0.4) is 0 Å². The summed E-state index contributed by atoms with van der Waals surface area (Å²) in [4.78, 5) is 0. The molecule has 0 fully saturated rings. The SMILES string of the molecule is CCCOCC(C)=CCCNCC. The van der Waals surface area contributed by atoms with Crippen LogP contribution in [0.1, 0.15) is 33.6 Å². The zero-order valence-corrected chi connectivity index (χ0v) is 9.23. The third kappa shape index (κ3) is 9.57. The summed E-state index contributed by atoms with van der Waals surface area (Å²) in [6, 6.07) is 0. The van der Waals surface area contributed by atoms with Gasteiger partial charge >= 0.3 is 0 Å². The summed E-state index contributed by atoms with van der Waals surface area (Å²) in [5.74, 6) is 0. The minimum Gasteiger partial charge on any atom is -0.377 e. The number of hydrogen-bond acceptors (Lipinski definition) is 2. The molecule has 0 amide bonds. The molecule has 0 aromatic carbocycles. The van der Waals surface area contributed by atoms with Crippen molar-refractivity contribution < 1.29 is 4.74 Å². The second kappa shape index (κ2) is 9.75. The second-order valence-electron chi connectivity index (χ2n) is 3.25. The Morgan fingerprint density at radius 3 is 2.77 bits per heavy atom. The molecular formula is C11H23NO. The molecule has 0 heterocycles. The maximum absolute atomic E-state index is 5.41. The van der Waals surface area contributed by atoms with Crippen LogP contribution in [0.25, 0.3) is 0 Å². The summed E-state index contributed by atoms with van der Waals surface area (Å²) in [5, 5.41) is 3.29. The summed E-state index contributed by atoms with van der Waals surface area (Å²) >= 11 is 0. The van der Waals surface area contributed by atoms with Gasteiger partial charge in [-0.1, -0.05) is 25.5 Å². The fraction of sp³-hybridized carbons (Fsp3) is 0.818. The largest absolute Gasteiger partial charge is 0.377 e. The molecule has 2 nitrogen and oxygen atoms in total. The predicted molar refractivity (Wildman–Crippen MR) is 58.0 cm³/mol. The lowest BCUT2D eigenvalue weighted by molar-refractivity contribution is 0.156. The molecule has 0 bridgehead atoms. The lowest BCUT2D eigenvalue weighted by atomic mass is 10.2. The van der Waals surface area contributed by atoms with Crippen molar-refractivity contribution in [1.29, 1.82) is 0 Å². The molecule has 0 aromatic rings. The molecule has 0 saturated heterocycles. The van der Waals surface area contributed by atoms with Gasteiger partial charge in [0.1, 0.15) is 0 Å². The molecule has 0 unspecified atom stereocenters. The molecular weight excluding hydrogens is 162 g/mol. The van der Waals surface area contributed by atoms with Gasteiger partial charge in [-0.05, 0) is 32.9 Å². The third-order valence-corrected chi connectivity index (χ3v) is 1.74. The fourth-order valence-electron chi connectivity index (χ4n) is 1.03. The molecule has 1 N–H and O–H groups in total. The van der Waals surface area contributed by atoms with E-state index in [0.717, 1.165) is 39.1 Å². The predicted octanol–water partition coefficient (Wildman–Crippen LogP) is 2.36. The Balaban J connectivity index is 3.29. The normalized spacial score (nSPS) is 12.1. The molecule has 0 aliphatic heterocycles. The van der Waals surface area contributed by atoms with E-state index in [0.29, 0.717) is 0 Å². The number of nitrogens with one attached hydrogen (secondary N) is 1. The van der Waals surface area contributed by atoms with E-state index < -0.39 is 0 Å². The highest BCUT2D eigenvalue weighted by Gasteiger charge is 1.89. The van der Waals surface area contributed by atoms with Crippen LogP contribution >= 0.6 is 0 Å². The van der Waals surface area contributed by atoms with E-state index in [1.165, 1.54) is 5.57 Å². The van der Waals surface area contributed by atoms with E-state index in [1.54, 1.807) is 0 Å². The van der Waals surface area contributed by atoms with E-state index in [9.17, 15) is 0 Å². The van der Waals surface area contributed by atoms with Crippen LogP contribution in [-0.4, -0.2) is 26.3 Å². The van der Waals surface area contributed by atoms with Gasteiger partial charge in [0.25, 0.3) is 0 Å². The monoisotopic (exact) mass is 185 g/mol. The Kier molecular flexibility index (Phi) is 9.49. The third-order valence-electron chi connectivity index (χ3n) is 1.74. The second-order valence-corrected chi connectivity index (χ2v) is 3.25. The lowest BCUT2D eigenvalue weighted by Gasteiger charge is -2.03. The quantitative estimate of drug-likeness (QED) is 0.463. The van der Waals surface area contributed by atoms with Crippen LogP contribution < -0.4 is 5.32 Å². The number of rotatable bonds is 8. The molecule has 0 aliphatic carbocycles. The first-order chi connectivity index (χ1) is 6.31. The van der Waals surface area contributed by atoms with Gasteiger partial charge in [0.15, 0.2) is 0 Å². The van der Waals surface area contributed by atoms with Crippen LogP contribution in [-0.2, 0) is 4.74 Å². The Labute approximate surface area is 82.4 Å². The zero-order chi connectivity index (χ0) is 9.94. The van der Waals surface area contributed by atoms with Gasteiger partial charge in [-0.25, -0.2) is 0 Å². The van der Waals surface area contributed by atoms with E-state index in [4.69, 9.17) is 4.74 Å². The standard InChI is InChI=1S/C11H23NO/c1-4-9-13-10-11(3)7-6-8-12-5-2/h7,12H,4-6,8-10H2,1-3H3. The van der Waals surface area contributed by atoms with Crippen LogP contribution in [0.2, 0.25) is 0 Å². The molecule has 0 saturated carbocycles. The number of hydrogen-bond donors (Lipinski definition) is 1. The zero-order valence-electron chi connectivity index (χ0n) is 9.23. The molecule has 0 aromatic heterocycles. The van der Waals surface area contributed by atoms with Crippen molar-refractivity contribution in [2.45, 2.75) is 33.6 Å². The van der Waals surface area contributed by atoms with Crippen molar-refractivity contribution in [3.8, 4) is 0 Å². The molecule has 0 spiro atoms. The van der Waals surface area contributed by atoms with Crippen LogP contribution in [0.4, 0.5) is 0 Å². The molecule has 0 aliphatic rings. The minimum atomic E-state index is 0.792. The van der Waals surface area contributed by atoms with E-state index in [-0.39, 0.29) is 0 Å².